The molecule has 126 valence electrons. The number of ether oxygens (including phenoxy) is 1. The van der Waals surface area contributed by atoms with E-state index in [-0.39, 0.29) is 11.4 Å². The largest absolute Gasteiger partial charge is 0.497 e. The van der Waals surface area contributed by atoms with Crippen LogP contribution in [-0.4, -0.2) is 13.0 Å². The third kappa shape index (κ3) is 3.73. The van der Waals surface area contributed by atoms with E-state index in [0.29, 0.717) is 11.4 Å². The van der Waals surface area contributed by atoms with Crippen LogP contribution < -0.4 is 10.1 Å². The van der Waals surface area contributed by atoms with Gasteiger partial charge in [0.25, 0.3) is 0 Å². The minimum atomic E-state index is -0.283. The molecule has 1 aliphatic rings. The molecule has 0 atom stereocenters. The van der Waals surface area contributed by atoms with Gasteiger partial charge in [-0.05, 0) is 48.2 Å². The number of benzene rings is 2. The first-order chi connectivity index (χ1) is 11.6. The first-order valence-electron chi connectivity index (χ1n) is 8.31. The Morgan fingerprint density at radius 3 is 2.50 bits per heavy atom. The summed E-state index contributed by atoms with van der Waals surface area (Å²) in [5.41, 5.74) is 1.80. The lowest BCUT2D eigenvalue weighted by atomic mass is 9.88. The van der Waals surface area contributed by atoms with Gasteiger partial charge in [-0.2, -0.15) is 0 Å². The molecule has 0 bridgehead atoms. The summed E-state index contributed by atoms with van der Waals surface area (Å²) in [6.45, 7) is 0. The topological polar surface area (TPSA) is 38.3 Å². The first kappa shape index (κ1) is 16.8. The standard InChI is InChI=1S/C20H22ClNO2/c1-24-18-9-7-15(8-10-18)13-19(23)22-20(11-2-3-12-20)16-5-4-6-17(21)14-16/h4-10,14H,2-3,11-13H2,1H3,(H,22,23). The predicted molar refractivity (Wildman–Crippen MR) is 96.4 cm³/mol. The Kier molecular flexibility index (Phi) is 5.10. The van der Waals surface area contributed by atoms with Crippen molar-refractivity contribution in [2.75, 3.05) is 7.11 Å². The molecule has 2 aromatic rings. The number of halogens is 1. The highest BCUT2D eigenvalue weighted by Gasteiger charge is 2.37. The Hall–Kier alpha value is -2.00. The van der Waals surface area contributed by atoms with Crippen LogP contribution in [-0.2, 0) is 16.8 Å². The molecule has 4 heteroatoms. The van der Waals surface area contributed by atoms with Crippen LogP contribution in [0.4, 0.5) is 0 Å². The molecule has 0 heterocycles. The maximum Gasteiger partial charge on any atom is 0.225 e. The summed E-state index contributed by atoms with van der Waals surface area (Å²) in [5.74, 6) is 0.840. The summed E-state index contributed by atoms with van der Waals surface area (Å²) in [6.07, 6.45) is 4.53. The van der Waals surface area contributed by atoms with Crippen molar-refractivity contribution in [2.24, 2.45) is 0 Å². The van der Waals surface area contributed by atoms with Crippen molar-refractivity contribution in [3.63, 3.8) is 0 Å². The van der Waals surface area contributed by atoms with Gasteiger partial charge < -0.3 is 10.1 Å². The highest BCUT2D eigenvalue weighted by Crippen LogP contribution is 2.39. The normalized spacial score (nSPS) is 15.9. The van der Waals surface area contributed by atoms with Crippen LogP contribution in [0.5, 0.6) is 5.75 Å². The van der Waals surface area contributed by atoms with Crippen molar-refractivity contribution in [1.29, 1.82) is 0 Å². The fourth-order valence-corrected chi connectivity index (χ4v) is 3.68. The molecule has 2 aromatic carbocycles. The fourth-order valence-electron chi connectivity index (χ4n) is 3.49. The Morgan fingerprint density at radius 1 is 1.17 bits per heavy atom. The number of carbonyl (C=O) groups excluding carboxylic acids is 1. The number of rotatable bonds is 5. The summed E-state index contributed by atoms with van der Waals surface area (Å²) in [7, 11) is 1.64. The predicted octanol–water partition coefficient (Wildman–Crippen LogP) is 4.48. The molecule has 0 saturated heterocycles. The van der Waals surface area contributed by atoms with E-state index in [9.17, 15) is 4.79 Å². The van der Waals surface area contributed by atoms with Gasteiger partial charge in [0.1, 0.15) is 5.75 Å². The maximum atomic E-state index is 12.6. The first-order valence-corrected chi connectivity index (χ1v) is 8.69. The van der Waals surface area contributed by atoms with Crippen molar-refractivity contribution in [3.8, 4) is 5.75 Å². The van der Waals surface area contributed by atoms with E-state index < -0.39 is 0 Å². The Labute approximate surface area is 148 Å². The monoisotopic (exact) mass is 343 g/mol. The number of hydrogen-bond acceptors (Lipinski definition) is 2. The van der Waals surface area contributed by atoms with Crippen LogP contribution in [0.1, 0.15) is 36.8 Å². The van der Waals surface area contributed by atoms with Crippen LogP contribution in [0, 0.1) is 0 Å². The second kappa shape index (κ2) is 7.27. The summed E-state index contributed by atoms with van der Waals surface area (Å²) >= 11 is 6.16. The zero-order valence-electron chi connectivity index (χ0n) is 13.8. The van der Waals surface area contributed by atoms with E-state index in [4.69, 9.17) is 16.3 Å². The minimum Gasteiger partial charge on any atom is -0.497 e. The molecular weight excluding hydrogens is 322 g/mol. The van der Waals surface area contributed by atoms with Gasteiger partial charge in [0.15, 0.2) is 0 Å². The molecule has 1 fully saturated rings. The van der Waals surface area contributed by atoms with Gasteiger partial charge >= 0.3 is 0 Å². The quantitative estimate of drug-likeness (QED) is 0.869. The van der Waals surface area contributed by atoms with E-state index in [2.05, 4.69) is 11.4 Å². The van der Waals surface area contributed by atoms with E-state index >= 15 is 0 Å². The second-order valence-corrected chi connectivity index (χ2v) is 6.81. The van der Waals surface area contributed by atoms with Gasteiger partial charge in [-0.15, -0.1) is 0 Å². The van der Waals surface area contributed by atoms with Crippen molar-refractivity contribution in [2.45, 2.75) is 37.6 Å². The molecule has 0 spiro atoms. The molecule has 0 aromatic heterocycles. The summed E-state index contributed by atoms with van der Waals surface area (Å²) in [4.78, 5) is 12.6. The average molecular weight is 344 g/mol. The number of nitrogens with one attached hydrogen (secondary N) is 1. The lowest BCUT2D eigenvalue weighted by Gasteiger charge is -2.31. The average Bonchev–Trinajstić information content (AvgIpc) is 3.05. The van der Waals surface area contributed by atoms with Crippen molar-refractivity contribution in [3.05, 3.63) is 64.7 Å². The minimum absolute atomic E-state index is 0.0436. The molecule has 3 rings (SSSR count). The zero-order chi connectivity index (χ0) is 17.0. The van der Waals surface area contributed by atoms with Gasteiger partial charge in [0.2, 0.25) is 5.91 Å². The van der Waals surface area contributed by atoms with Gasteiger partial charge in [-0.1, -0.05) is 48.7 Å². The van der Waals surface area contributed by atoms with E-state index in [1.807, 2.05) is 42.5 Å². The summed E-state index contributed by atoms with van der Waals surface area (Å²) in [5, 5.41) is 4.00. The Morgan fingerprint density at radius 2 is 1.88 bits per heavy atom. The Bertz CT molecular complexity index is 706. The number of hydrogen-bond donors (Lipinski definition) is 1. The highest BCUT2D eigenvalue weighted by atomic mass is 35.5. The third-order valence-corrected chi connectivity index (χ3v) is 4.97. The molecular formula is C20H22ClNO2. The molecule has 0 aliphatic heterocycles. The van der Waals surface area contributed by atoms with Crippen LogP contribution in [0.3, 0.4) is 0 Å². The number of carbonyl (C=O) groups is 1. The van der Waals surface area contributed by atoms with E-state index in [1.165, 1.54) is 0 Å². The van der Waals surface area contributed by atoms with Crippen LogP contribution in [0.25, 0.3) is 0 Å². The molecule has 1 amide bonds. The number of amides is 1. The molecule has 0 unspecified atom stereocenters. The molecule has 1 saturated carbocycles. The molecule has 1 aliphatic carbocycles. The van der Waals surface area contributed by atoms with Crippen LogP contribution in [0.15, 0.2) is 48.5 Å². The summed E-state index contributed by atoms with van der Waals surface area (Å²) in [6, 6.07) is 15.5. The molecule has 0 radical (unpaired) electrons. The van der Waals surface area contributed by atoms with Crippen molar-refractivity contribution >= 4 is 17.5 Å². The van der Waals surface area contributed by atoms with Gasteiger partial charge in [-0.3, -0.25) is 4.79 Å². The lowest BCUT2D eigenvalue weighted by Crippen LogP contribution is -2.44. The van der Waals surface area contributed by atoms with E-state index in [0.717, 1.165) is 42.6 Å². The zero-order valence-corrected chi connectivity index (χ0v) is 14.6. The second-order valence-electron chi connectivity index (χ2n) is 6.37. The van der Waals surface area contributed by atoms with Gasteiger partial charge in [0.05, 0.1) is 19.1 Å². The third-order valence-electron chi connectivity index (χ3n) is 4.74. The van der Waals surface area contributed by atoms with Crippen molar-refractivity contribution in [1.82, 2.24) is 5.32 Å². The van der Waals surface area contributed by atoms with Crippen molar-refractivity contribution < 1.29 is 9.53 Å². The lowest BCUT2D eigenvalue weighted by molar-refractivity contribution is -0.122. The number of methoxy groups -OCH3 is 1. The van der Waals surface area contributed by atoms with E-state index in [1.54, 1.807) is 7.11 Å². The smallest absolute Gasteiger partial charge is 0.225 e. The maximum absolute atomic E-state index is 12.6. The summed E-state index contributed by atoms with van der Waals surface area (Å²) < 4.78 is 5.15. The Balaban J connectivity index is 1.74. The SMILES string of the molecule is COc1ccc(CC(=O)NC2(c3cccc(Cl)c3)CCCC2)cc1. The molecule has 3 nitrogen and oxygen atoms in total. The van der Waals surface area contributed by atoms with Gasteiger partial charge in [0, 0.05) is 5.02 Å². The fraction of sp³-hybridized carbons (Fsp3) is 0.350. The van der Waals surface area contributed by atoms with Gasteiger partial charge in [-0.25, -0.2) is 0 Å². The highest BCUT2D eigenvalue weighted by molar-refractivity contribution is 6.30. The molecule has 24 heavy (non-hydrogen) atoms. The van der Waals surface area contributed by atoms with Crippen LogP contribution >= 0.6 is 11.6 Å². The molecule has 1 N–H and O–H groups in total. The van der Waals surface area contributed by atoms with Crippen LogP contribution in [0.2, 0.25) is 5.02 Å².